The highest BCUT2D eigenvalue weighted by Crippen LogP contribution is 2.27. The van der Waals surface area contributed by atoms with Crippen LogP contribution < -0.4 is 10.9 Å². The molecular formula is C16H21N3OS. The summed E-state index contributed by atoms with van der Waals surface area (Å²) in [6.45, 7) is 7.99. The van der Waals surface area contributed by atoms with E-state index in [0.717, 1.165) is 30.1 Å². The molecule has 0 aliphatic rings. The van der Waals surface area contributed by atoms with Gasteiger partial charge in [-0.3, -0.25) is 4.79 Å². The zero-order valence-electron chi connectivity index (χ0n) is 12.7. The minimum atomic E-state index is -0.108. The monoisotopic (exact) mass is 303 g/mol. The van der Waals surface area contributed by atoms with E-state index < -0.39 is 0 Å². The third kappa shape index (κ3) is 4.72. The van der Waals surface area contributed by atoms with Crippen molar-refractivity contribution in [2.24, 2.45) is 0 Å². The summed E-state index contributed by atoms with van der Waals surface area (Å²) in [5.41, 5.74) is 3.10. The standard InChI is InChI=1S/C16H21N3OS/c1-4-7-17-10-13-5-6-14(11(2)8-13)21-16-18-12(3)9-15(20)19-16/h5-6,8-9,17H,4,7,10H2,1-3H3,(H,18,19,20). The maximum Gasteiger partial charge on any atom is 0.251 e. The van der Waals surface area contributed by atoms with E-state index in [9.17, 15) is 4.79 Å². The summed E-state index contributed by atoms with van der Waals surface area (Å²) >= 11 is 1.49. The molecule has 21 heavy (non-hydrogen) atoms. The fraction of sp³-hybridized carbons (Fsp3) is 0.375. The third-order valence-corrected chi connectivity index (χ3v) is 4.11. The average Bonchev–Trinajstić information content (AvgIpc) is 2.41. The number of nitrogens with zero attached hydrogens (tertiary/aromatic N) is 1. The molecule has 1 heterocycles. The van der Waals surface area contributed by atoms with Crippen LogP contribution in [0.5, 0.6) is 0 Å². The van der Waals surface area contributed by atoms with Crippen molar-refractivity contribution >= 4 is 11.8 Å². The molecule has 0 amide bonds. The number of aromatic amines is 1. The Morgan fingerprint density at radius 2 is 2.10 bits per heavy atom. The molecule has 0 spiro atoms. The Labute approximate surface area is 129 Å². The molecule has 5 heteroatoms. The van der Waals surface area contributed by atoms with Crippen molar-refractivity contribution in [3.63, 3.8) is 0 Å². The molecule has 0 aliphatic carbocycles. The molecule has 0 saturated carbocycles. The van der Waals surface area contributed by atoms with E-state index in [2.05, 4.69) is 47.3 Å². The fourth-order valence-electron chi connectivity index (χ4n) is 2.05. The van der Waals surface area contributed by atoms with Crippen LogP contribution in [0, 0.1) is 13.8 Å². The lowest BCUT2D eigenvalue weighted by Gasteiger charge is -2.09. The van der Waals surface area contributed by atoms with E-state index in [0.29, 0.717) is 5.16 Å². The zero-order chi connectivity index (χ0) is 15.2. The van der Waals surface area contributed by atoms with Gasteiger partial charge in [0.1, 0.15) is 0 Å². The lowest BCUT2D eigenvalue weighted by atomic mass is 10.1. The molecule has 1 aromatic carbocycles. The number of nitrogens with one attached hydrogen (secondary N) is 2. The van der Waals surface area contributed by atoms with Gasteiger partial charge < -0.3 is 10.3 Å². The van der Waals surface area contributed by atoms with Crippen LogP contribution in [0.25, 0.3) is 0 Å². The van der Waals surface area contributed by atoms with Gasteiger partial charge in [0.25, 0.3) is 5.56 Å². The Kier molecular flexibility index (Phi) is 5.59. The molecule has 0 fully saturated rings. The molecule has 2 aromatic rings. The first-order chi connectivity index (χ1) is 10.1. The van der Waals surface area contributed by atoms with Gasteiger partial charge in [-0.1, -0.05) is 30.8 Å². The van der Waals surface area contributed by atoms with E-state index in [1.165, 1.54) is 29.0 Å². The molecular weight excluding hydrogens is 282 g/mol. The summed E-state index contributed by atoms with van der Waals surface area (Å²) in [5.74, 6) is 0. The summed E-state index contributed by atoms with van der Waals surface area (Å²) in [6, 6.07) is 7.88. The highest BCUT2D eigenvalue weighted by molar-refractivity contribution is 7.99. The smallest absolute Gasteiger partial charge is 0.251 e. The third-order valence-electron chi connectivity index (χ3n) is 3.05. The number of hydrogen-bond donors (Lipinski definition) is 2. The van der Waals surface area contributed by atoms with Gasteiger partial charge in [0, 0.05) is 23.2 Å². The predicted molar refractivity (Wildman–Crippen MR) is 86.9 cm³/mol. The van der Waals surface area contributed by atoms with Gasteiger partial charge in [-0.2, -0.15) is 0 Å². The molecule has 0 bridgehead atoms. The lowest BCUT2D eigenvalue weighted by molar-refractivity contribution is 0.675. The summed E-state index contributed by atoms with van der Waals surface area (Å²) in [4.78, 5) is 19.7. The highest BCUT2D eigenvalue weighted by atomic mass is 32.2. The van der Waals surface area contributed by atoms with Crippen molar-refractivity contribution in [3.05, 3.63) is 51.4 Å². The van der Waals surface area contributed by atoms with Crippen LogP contribution in [0.2, 0.25) is 0 Å². The Morgan fingerprint density at radius 1 is 1.29 bits per heavy atom. The van der Waals surface area contributed by atoms with Crippen LogP contribution in [0.3, 0.4) is 0 Å². The average molecular weight is 303 g/mol. The number of aromatic nitrogens is 2. The highest BCUT2D eigenvalue weighted by Gasteiger charge is 2.05. The Balaban J connectivity index is 2.11. The molecule has 0 radical (unpaired) electrons. The normalized spacial score (nSPS) is 10.8. The second kappa shape index (κ2) is 7.43. The first-order valence-electron chi connectivity index (χ1n) is 7.14. The van der Waals surface area contributed by atoms with Gasteiger partial charge in [-0.05, 0) is 44.0 Å². The van der Waals surface area contributed by atoms with E-state index in [1.807, 2.05) is 6.92 Å². The molecule has 0 aliphatic heterocycles. The number of H-pyrrole nitrogens is 1. The number of hydrogen-bond acceptors (Lipinski definition) is 4. The van der Waals surface area contributed by atoms with Gasteiger partial charge in [0.05, 0.1) is 0 Å². The lowest BCUT2D eigenvalue weighted by Crippen LogP contribution is -2.13. The fourth-order valence-corrected chi connectivity index (χ4v) is 2.96. The zero-order valence-corrected chi connectivity index (χ0v) is 13.5. The van der Waals surface area contributed by atoms with Gasteiger partial charge in [0.2, 0.25) is 0 Å². The number of aryl methyl sites for hydroxylation is 2. The first-order valence-corrected chi connectivity index (χ1v) is 7.96. The second-order valence-electron chi connectivity index (χ2n) is 5.07. The van der Waals surface area contributed by atoms with Crippen molar-refractivity contribution in [1.29, 1.82) is 0 Å². The number of benzene rings is 1. The summed E-state index contributed by atoms with van der Waals surface area (Å²) in [5, 5.41) is 4.03. The molecule has 1 aromatic heterocycles. The van der Waals surface area contributed by atoms with Crippen LogP contribution in [-0.2, 0) is 6.54 Å². The minimum absolute atomic E-state index is 0.108. The first kappa shape index (κ1) is 15.8. The van der Waals surface area contributed by atoms with Crippen molar-refractivity contribution in [3.8, 4) is 0 Å². The molecule has 0 saturated heterocycles. The molecule has 0 unspecified atom stereocenters. The molecule has 2 N–H and O–H groups in total. The topological polar surface area (TPSA) is 57.8 Å². The minimum Gasteiger partial charge on any atom is -0.313 e. The van der Waals surface area contributed by atoms with Gasteiger partial charge in [-0.25, -0.2) is 4.98 Å². The number of rotatable bonds is 6. The van der Waals surface area contributed by atoms with Crippen molar-refractivity contribution in [2.45, 2.75) is 43.8 Å². The molecule has 4 nitrogen and oxygen atoms in total. The van der Waals surface area contributed by atoms with Crippen LogP contribution >= 0.6 is 11.8 Å². The molecule has 2 rings (SSSR count). The van der Waals surface area contributed by atoms with Crippen LogP contribution in [0.1, 0.15) is 30.2 Å². The van der Waals surface area contributed by atoms with E-state index >= 15 is 0 Å². The summed E-state index contributed by atoms with van der Waals surface area (Å²) in [7, 11) is 0. The van der Waals surface area contributed by atoms with E-state index in [4.69, 9.17) is 0 Å². The predicted octanol–water partition coefficient (Wildman–Crippen LogP) is 3.04. The van der Waals surface area contributed by atoms with Crippen LogP contribution in [0.15, 0.2) is 39.1 Å². The van der Waals surface area contributed by atoms with Gasteiger partial charge in [0.15, 0.2) is 5.16 Å². The largest absolute Gasteiger partial charge is 0.313 e. The summed E-state index contributed by atoms with van der Waals surface area (Å²) < 4.78 is 0. The maximum absolute atomic E-state index is 11.5. The summed E-state index contributed by atoms with van der Waals surface area (Å²) in [6.07, 6.45) is 1.14. The Hall–Kier alpha value is -1.59. The van der Waals surface area contributed by atoms with E-state index in [1.54, 1.807) is 0 Å². The molecule has 112 valence electrons. The Morgan fingerprint density at radius 3 is 2.76 bits per heavy atom. The maximum atomic E-state index is 11.5. The molecule has 0 atom stereocenters. The van der Waals surface area contributed by atoms with Crippen LogP contribution in [-0.4, -0.2) is 16.5 Å². The van der Waals surface area contributed by atoms with E-state index in [-0.39, 0.29) is 5.56 Å². The SMILES string of the molecule is CCCNCc1ccc(Sc2nc(C)cc(=O)[nH]2)c(C)c1. The van der Waals surface area contributed by atoms with Crippen LogP contribution in [0.4, 0.5) is 0 Å². The van der Waals surface area contributed by atoms with Crippen molar-refractivity contribution in [2.75, 3.05) is 6.54 Å². The Bertz CT molecular complexity index is 667. The van der Waals surface area contributed by atoms with Gasteiger partial charge >= 0.3 is 0 Å². The second-order valence-corrected chi connectivity index (χ2v) is 6.10. The quantitative estimate of drug-likeness (QED) is 0.636. The van der Waals surface area contributed by atoms with Crippen molar-refractivity contribution < 1.29 is 0 Å². The van der Waals surface area contributed by atoms with Gasteiger partial charge in [-0.15, -0.1) is 0 Å². The van der Waals surface area contributed by atoms with Crippen molar-refractivity contribution in [1.82, 2.24) is 15.3 Å².